The average Bonchev–Trinajstić information content (AvgIpc) is 3.31. The van der Waals surface area contributed by atoms with Crippen LogP contribution in [0.3, 0.4) is 0 Å². The number of hydrogen-bond donors (Lipinski definition) is 0. The van der Waals surface area contributed by atoms with Crippen LogP contribution in [0.1, 0.15) is 13.3 Å². The van der Waals surface area contributed by atoms with Crippen LogP contribution in [0.5, 0.6) is 0 Å². The Morgan fingerprint density at radius 2 is 1.12 bits per heavy atom. The van der Waals surface area contributed by atoms with Crippen molar-refractivity contribution >= 4 is 22.7 Å². The fourth-order valence-electron chi connectivity index (χ4n) is 5.06. The molecule has 0 aromatic heterocycles. The average molecular weight is 346 g/mol. The van der Waals surface area contributed by atoms with Gasteiger partial charge in [0.2, 0.25) is 0 Å². The van der Waals surface area contributed by atoms with E-state index in [9.17, 15) is 0 Å². The molecule has 2 atom stereocenters. The van der Waals surface area contributed by atoms with Crippen LogP contribution in [0.4, 0.5) is 0 Å². The van der Waals surface area contributed by atoms with Crippen LogP contribution in [-0.4, -0.2) is 12.3 Å². The van der Waals surface area contributed by atoms with E-state index in [1.165, 1.54) is 22.3 Å². The zero-order valence-electron chi connectivity index (χ0n) is 14.5. The van der Waals surface area contributed by atoms with E-state index in [1.54, 1.807) is 0 Å². The van der Waals surface area contributed by atoms with Crippen molar-refractivity contribution in [2.45, 2.75) is 19.0 Å². The van der Waals surface area contributed by atoms with E-state index < -0.39 is 6.83 Å². The van der Waals surface area contributed by atoms with Gasteiger partial charge in [0.25, 0.3) is 0 Å². The molecule has 0 N–H and O–H groups in total. The molecule has 2 heteroatoms. The predicted octanol–water partition coefficient (Wildman–Crippen LogP) is 4.24. The molecule has 25 heavy (non-hydrogen) atoms. The van der Waals surface area contributed by atoms with E-state index in [4.69, 9.17) is 4.52 Å². The molecule has 1 aliphatic carbocycles. The molecule has 2 aliphatic rings. The summed E-state index contributed by atoms with van der Waals surface area (Å²) in [5.41, 5.74) is 0.880. The van der Waals surface area contributed by atoms with Gasteiger partial charge < -0.3 is 0 Å². The van der Waals surface area contributed by atoms with E-state index in [1.807, 2.05) is 0 Å². The third-order valence-corrected chi connectivity index (χ3v) is 13.0. The maximum atomic E-state index is 7.08. The summed E-state index contributed by atoms with van der Waals surface area (Å²) in [6.45, 7) is 0.334. The Morgan fingerprint density at radius 3 is 1.40 bits per heavy atom. The van der Waals surface area contributed by atoms with Crippen molar-refractivity contribution in [3.8, 4) is 0 Å². The molecular formula is C23H23OP. The molecule has 1 heterocycles. The Balaban J connectivity index is 1.95. The normalized spacial score (nSPS) is 30.0. The monoisotopic (exact) mass is 346 g/mol. The van der Waals surface area contributed by atoms with Crippen LogP contribution in [0.2, 0.25) is 0 Å². The summed E-state index contributed by atoms with van der Waals surface area (Å²) in [6.07, 6.45) is 1.25. The second-order valence-corrected chi connectivity index (χ2v) is 12.4. The van der Waals surface area contributed by atoms with E-state index in [2.05, 4.69) is 97.9 Å². The minimum atomic E-state index is -2.93. The molecule has 0 bridgehead atoms. The molecule has 1 nitrogen and oxygen atoms in total. The Morgan fingerprint density at radius 1 is 0.720 bits per heavy atom. The zero-order valence-corrected chi connectivity index (χ0v) is 15.4. The van der Waals surface area contributed by atoms with Gasteiger partial charge in [-0.15, -0.1) is 0 Å². The molecule has 5 rings (SSSR count). The summed E-state index contributed by atoms with van der Waals surface area (Å²) in [6, 6.07) is 33.1. The van der Waals surface area contributed by atoms with Gasteiger partial charge in [0.15, 0.2) is 0 Å². The third-order valence-electron chi connectivity index (χ3n) is 6.37. The molecule has 1 saturated heterocycles. The van der Waals surface area contributed by atoms with Gasteiger partial charge in [-0.25, -0.2) is 0 Å². The quantitative estimate of drug-likeness (QED) is 0.645. The van der Waals surface area contributed by atoms with Gasteiger partial charge in [-0.1, -0.05) is 0 Å². The minimum absolute atomic E-state index is 0.305. The summed E-state index contributed by atoms with van der Waals surface area (Å²) in [5, 5.41) is 4.12. The Kier molecular flexibility index (Phi) is 3.08. The summed E-state index contributed by atoms with van der Waals surface area (Å²) in [4.78, 5) is 0. The van der Waals surface area contributed by atoms with Crippen LogP contribution in [0.15, 0.2) is 91.0 Å². The molecule has 0 radical (unpaired) electrons. The number of hydrogen-bond acceptors (Lipinski definition) is 1. The second kappa shape index (κ2) is 5.04. The van der Waals surface area contributed by atoms with Gasteiger partial charge >= 0.3 is 149 Å². The topological polar surface area (TPSA) is 9.23 Å². The van der Waals surface area contributed by atoms with Gasteiger partial charge in [-0.05, 0) is 0 Å². The number of fused-ring (bicyclic) bond motifs is 1. The van der Waals surface area contributed by atoms with E-state index in [-0.39, 0.29) is 0 Å². The third kappa shape index (κ3) is 1.76. The molecule has 1 saturated carbocycles. The van der Waals surface area contributed by atoms with Gasteiger partial charge in [-0.3, -0.25) is 0 Å². The molecule has 3 aromatic carbocycles. The van der Waals surface area contributed by atoms with Crippen LogP contribution >= 0.6 is 6.83 Å². The van der Waals surface area contributed by atoms with Crippen LogP contribution in [0, 0.1) is 5.41 Å². The molecule has 2 unspecified atom stereocenters. The fraction of sp³-hybridized carbons (Fsp3) is 0.217. The van der Waals surface area contributed by atoms with Crippen molar-refractivity contribution in [3.05, 3.63) is 91.0 Å². The molecular weight excluding hydrogens is 323 g/mol. The first kappa shape index (κ1) is 15.3. The summed E-state index contributed by atoms with van der Waals surface area (Å²) < 4.78 is 7.08. The second-order valence-electron chi connectivity index (χ2n) is 7.76. The molecule has 2 fully saturated rings. The van der Waals surface area contributed by atoms with Gasteiger partial charge in [0, 0.05) is 0 Å². The maximum absolute atomic E-state index is 7.08. The van der Waals surface area contributed by atoms with Crippen molar-refractivity contribution in [2.75, 3.05) is 6.61 Å². The van der Waals surface area contributed by atoms with Crippen molar-refractivity contribution in [3.63, 3.8) is 0 Å². The fourth-order valence-corrected chi connectivity index (χ4v) is 12.5. The van der Waals surface area contributed by atoms with Crippen LogP contribution < -0.4 is 15.9 Å². The number of benzene rings is 3. The van der Waals surface area contributed by atoms with E-state index in [0.717, 1.165) is 6.61 Å². The first-order valence-electron chi connectivity index (χ1n) is 9.04. The van der Waals surface area contributed by atoms with Gasteiger partial charge in [0.05, 0.1) is 0 Å². The van der Waals surface area contributed by atoms with E-state index >= 15 is 0 Å². The first-order chi connectivity index (χ1) is 12.2. The standard InChI is InChI=1S/C23H23OP/c1-23-17-22(23)25(24-18-23,19-11-5-2-6-12-19,20-13-7-3-8-14-20)21-15-9-4-10-16-21/h2-16,22H,17-18H2,1H3. The molecule has 0 spiro atoms. The molecule has 0 amide bonds. The molecule has 126 valence electrons. The van der Waals surface area contributed by atoms with Gasteiger partial charge in [-0.2, -0.15) is 0 Å². The first-order valence-corrected chi connectivity index (χ1v) is 11.3. The van der Waals surface area contributed by atoms with Crippen molar-refractivity contribution < 1.29 is 4.52 Å². The van der Waals surface area contributed by atoms with Gasteiger partial charge in [0.1, 0.15) is 0 Å². The van der Waals surface area contributed by atoms with Crippen molar-refractivity contribution in [1.82, 2.24) is 0 Å². The summed E-state index contributed by atoms with van der Waals surface area (Å²) in [5.74, 6) is 0. The predicted molar refractivity (Wildman–Crippen MR) is 108 cm³/mol. The van der Waals surface area contributed by atoms with Crippen LogP contribution in [-0.2, 0) is 4.52 Å². The molecule has 1 aliphatic heterocycles. The van der Waals surface area contributed by atoms with Crippen LogP contribution in [0.25, 0.3) is 0 Å². The summed E-state index contributed by atoms with van der Waals surface area (Å²) in [7, 11) is 0. The Labute approximate surface area is 149 Å². The Hall–Kier alpha value is -1.95. The van der Waals surface area contributed by atoms with Crippen molar-refractivity contribution in [2.24, 2.45) is 5.41 Å². The zero-order chi connectivity index (χ0) is 17.0. The Bertz CT molecular complexity index is 807. The summed E-state index contributed by atoms with van der Waals surface area (Å²) >= 11 is 0. The molecule has 3 aromatic rings. The number of rotatable bonds is 3. The van der Waals surface area contributed by atoms with Crippen molar-refractivity contribution in [1.29, 1.82) is 0 Å². The van der Waals surface area contributed by atoms with E-state index in [0.29, 0.717) is 11.1 Å². The SMILES string of the molecule is CC12COP(c3ccccc3)(c3ccccc3)(c3ccccc3)C1C2.